The quantitative estimate of drug-likeness (QED) is 0.477. The van der Waals surface area contributed by atoms with Crippen LogP contribution in [0.1, 0.15) is 6.92 Å². The van der Waals surface area contributed by atoms with Crippen molar-refractivity contribution < 1.29 is 19.4 Å². The number of esters is 1. The van der Waals surface area contributed by atoms with Crippen LogP contribution in [0.5, 0.6) is 0 Å². The zero-order valence-corrected chi connectivity index (χ0v) is 10.9. The summed E-state index contributed by atoms with van der Waals surface area (Å²) in [5.41, 5.74) is 0.435. The lowest BCUT2D eigenvalue weighted by atomic mass is 9.90. The first kappa shape index (κ1) is 13.7. The Bertz CT molecular complexity index is 616. The molecule has 0 aliphatic carbocycles. The molecule has 102 valence electrons. The predicted molar refractivity (Wildman–Crippen MR) is 71.8 cm³/mol. The maximum absolute atomic E-state index is 12.0. The summed E-state index contributed by atoms with van der Waals surface area (Å²) in [6.07, 6.45) is 13.4. The first-order chi connectivity index (χ1) is 9.60. The van der Waals surface area contributed by atoms with Gasteiger partial charge in [0.05, 0.1) is 12.5 Å². The van der Waals surface area contributed by atoms with Crippen LogP contribution in [0.25, 0.3) is 0 Å². The van der Waals surface area contributed by atoms with Gasteiger partial charge < -0.3 is 9.84 Å². The van der Waals surface area contributed by atoms with Gasteiger partial charge in [-0.1, -0.05) is 6.08 Å². The second-order valence-electron chi connectivity index (χ2n) is 4.11. The van der Waals surface area contributed by atoms with Gasteiger partial charge in [0.15, 0.2) is 0 Å². The highest BCUT2D eigenvalue weighted by Gasteiger charge is 2.36. The van der Waals surface area contributed by atoms with E-state index < -0.39 is 17.7 Å². The number of ether oxygens (including phenoxy) is 1. The number of hydrogen-bond donors (Lipinski definition) is 1. The predicted octanol–water partition coefficient (Wildman–Crippen LogP) is 1.42. The first-order valence-electron chi connectivity index (χ1n) is 6.06. The summed E-state index contributed by atoms with van der Waals surface area (Å²) in [6.45, 7) is 1.78. The van der Waals surface area contributed by atoms with Crippen LogP contribution in [0.15, 0.2) is 47.7 Å². The number of nitrogens with zero attached hydrogens (tertiary/aromatic N) is 1. The number of fused-ring (bicyclic) bond motifs is 1. The van der Waals surface area contributed by atoms with E-state index >= 15 is 0 Å². The molecular formula is C15H13NO4. The normalized spacial score (nSPS) is 20.1. The van der Waals surface area contributed by atoms with Gasteiger partial charge >= 0.3 is 5.97 Å². The van der Waals surface area contributed by atoms with Gasteiger partial charge in [-0.2, -0.15) is 0 Å². The van der Waals surface area contributed by atoms with Crippen molar-refractivity contribution in [1.29, 1.82) is 0 Å². The monoisotopic (exact) mass is 271 g/mol. The number of aliphatic hydroxyl groups is 1. The maximum atomic E-state index is 12.0. The largest absolute Gasteiger partial charge is 0.494 e. The Morgan fingerprint density at radius 3 is 2.90 bits per heavy atom. The van der Waals surface area contributed by atoms with Crippen molar-refractivity contribution in [2.75, 3.05) is 6.61 Å². The summed E-state index contributed by atoms with van der Waals surface area (Å²) >= 11 is 0. The molecule has 1 unspecified atom stereocenters. The maximum Gasteiger partial charge on any atom is 0.340 e. The average Bonchev–Trinajstić information content (AvgIpc) is 2.46. The van der Waals surface area contributed by atoms with E-state index in [1.807, 2.05) is 5.92 Å². The number of aliphatic hydroxyl groups excluding tert-OH is 1. The lowest BCUT2D eigenvalue weighted by molar-refractivity contribution is -0.140. The van der Waals surface area contributed by atoms with E-state index in [0.717, 1.165) is 0 Å². The topological polar surface area (TPSA) is 66.8 Å². The first-order valence-corrected chi connectivity index (χ1v) is 6.06. The van der Waals surface area contributed by atoms with Gasteiger partial charge in [-0.25, -0.2) is 4.79 Å². The second kappa shape index (κ2) is 5.49. The van der Waals surface area contributed by atoms with Crippen molar-refractivity contribution in [3.05, 3.63) is 47.7 Å². The summed E-state index contributed by atoms with van der Waals surface area (Å²) in [4.78, 5) is 25.2. The Kier molecular flexibility index (Phi) is 3.76. The molecule has 0 amide bonds. The Morgan fingerprint density at radius 2 is 2.25 bits per heavy atom. The van der Waals surface area contributed by atoms with E-state index in [0.29, 0.717) is 5.70 Å². The SMILES string of the molecule is C#CC(=O)C1C=C2C=CC=CN2C(O)=C1C(=O)OCC. The van der Waals surface area contributed by atoms with Gasteiger partial charge in [0.25, 0.3) is 0 Å². The fraction of sp³-hybridized carbons (Fsp3) is 0.200. The van der Waals surface area contributed by atoms with Crippen LogP contribution in [0, 0.1) is 18.3 Å². The van der Waals surface area contributed by atoms with E-state index in [9.17, 15) is 14.7 Å². The number of carbonyl (C=O) groups is 2. The molecule has 2 aliphatic rings. The molecule has 2 rings (SSSR count). The summed E-state index contributed by atoms with van der Waals surface area (Å²) in [6, 6.07) is 0. The van der Waals surface area contributed by atoms with Crippen molar-refractivity contribution >= 4 is 11.8 Å². The lowest BCUT2D eigenvalue weighted by Crippen LogP contribution is -2.32. The van der Waals surface area contributed by atoms with E-state index in [1.165, 1.54) is 11.0 Å². The summed E-state index contributed by atoms with van der Waals surface area (Å²) in [7, 11) is 0. The molecule has 0 spiro atoms. The number of carbonyl (C=O) groups excluding carboxylic acids is 2. The van der Waals surface area contributed by atoms with Crippen molar-refractivity contribution in [2.24, 2.45) is 5.92 Å². The number of rotatable bonds is 3. The van der Waals surface area contributed by atoms with Crippen molar-refractivity contribution in [2.45, 2.75) is 6.92 Å². The molecule has 0 bridgehead atoms. The van der Waals surface area contributed by atoms with Crippen molar-refractivity contribution in [3.63, 3.8) is 0 Å². The van der Waals surface area contributed by atoms with Crippen LogP contribution in [0.2, 0.25) is 0 Å². The Morgan fingerprint density at radius 1 is 1.50 bits per heavy atom. The molecule has 2 aliphatic heterocycles. The molecule has 1 N–H and O–H groups in total. The minimum atomic E-state index is -0.999. The smallest absolute Gasteiger partial charge is 0.340 e. The average molecular weight is 271 g/mol. The molecule has 0 saturated carbocycles. The van der Waals surface area contributed by atoms with Crippen LogP contribution >= 0.6 is 0 Å². The molecule has 0 saturated heterocycles. The molecule has 5 heteroatoms. The van der Waals surface area contributed by atoms with Gasteiger partial charge in [0.2, 0.25) is 11.7 Å². The van der Waals surface area contributed by atoms with Crippen LogP contribution in [0.3, 0.4) is 0 Å². The number of Topliss-reactive ketones (excluding diaryl/α,β-unsaturated/α-hetero) is 1. The van der Waals surface area contributed by atoms with Crippen molar-refractivity contribution in [3.8, 4) is 12.3 Å². The summed E-state index contributed by atoms with van der Waals surface area (Å²) in [5, 5.41) is 10.2. The minimum Gasteiger partial charge on any atom is -0.494 e. The Hall–Kier alpha value is -2.74. The number of terminal acetylenes is 1. The molecule has 5 nitrogen and oxygen atoms in total. The number of allylic oxidation sites excluding steroid dienone is 4. The van der Waals surface area contributed by atoms with Gasteiger partial charge in [-0.15, -0.1) is 6.42 Å². The molecule has 0 radical (unpaired) electrons. The molecule has 0 aromatic heterocycles. The highest BCUT2D eigenvalue weighted by molar-refractivity contribution is 6.06. The number of hydrogen-bond acceptors (Lipinski definition) is 5. The van der Waals surface area contributed by atoms with Crippen LogP contribution < -0.4 is 0 Å². The molecule has 20 heavy (non-hydrogen) atoms. The van der Waals surface area contributed by atoms with Gasteiger partial charge in [-0.3, -0.25) is 9.69 Å². The fourth-order valence-corrected chi connectivity index (χ4v) is 2.03. The van der Waals surface area contributed by atoms with Crippen LogP contribution in [-0.2, 0) is 14.3 Å². The zero-order valence-electron chi connectivity index (χ0n) is 10.9. The Labute approximate surface area is 116 Å². The van der Waals surface area contributed by atoms with Crippen molar-refractivity contribution in [1.82, 2.24) is 4.90 Å². The zero-order chi connectivity index (χ0) is 14.7. The third-order valence-corrected chi connectivity index (χ3v) is 2.93. The highest BCUT2D eigenvalue weighted by Crippen LogP contribution is 2.32. The molecule has 2 heterocycles. The summed E-state index contributed by atoms with van der Waals surface area (Å²) in [5.74, 6) is -0.711. The van der Waals surface area contributed by atoms with Gasteiger partial charge in [-0.05, 0) is 31.1 Å². The fourth-order valence-electron chi connectivity index (χ4n) is 2.03. The molecule has 0 aromatic rings. The summed E-state index contributed by atoms with van der Waals surface area (Å²) < 4.78 is 4.88. The van der Waals surface area contributed by atoms with Crippen LogP contribution in [0.4, 0.5) is 0 Å². The third-order valence-electron chi connectivity index (χ3n) is 2.93. The molecule has 0 fully saturated rings. The van der Waals surface area contributed by atoms with E-state index in [2.05, 4.69) is 0 Å². The molecular weight excluding hydrogens is 258 g/mol. The molecule has 1 atom stereocenters. The van der Waals surface area contributed by atoms with Gasteiger partial charge in [0, 0.05) is 11.9 Å². The highest BCUT2D eigenvalue weighted by atomic mass is 16.5. The Balaban J connectivity index is 2.50. The lowest BCUT2D eigenvalue weighted by Gasteiger charge is -2.30. The molecule has 0 aromatic carbocycles. The number of ketones is 1. The van der Waals surface area contributed by atoms with E-state index in [-0.39, 0.29) is 18.1 Å². The van der Waals surface area contributed by atoms with E-state index in [4.69, 9.17) is 11.2 Å². The standard InChI is InChI=1S/C15H13NO4/c1-3-12(17)11-9-10-7-5-6-8-16(10)14(18)13(11)15(19)20-4-2/h1,5-9,11,18H,4H2,2H3. The van der Waals surface area contributed by atoms with Gasteiger partial charge in [0.1, 0.15) is 5.57 Å². The minimum absolute atomic E-state index is 0.138. The second-order valence-corrected chi connectivity index (χ2v) is 4.11. The third kappa shape index (κ3) is 2.24. The van der Waals surface area contributed by atoms with Crippen LogP contribution in [-0.4, -0.2) is 28.4 Å². The van der Waals surface area contributed by atoms with E-state index in [1.54, 1.807) is 31.4 Å².